The van der Waals surface area contributed by atoms with Crippen molar-refractivity contribution in [1.29, 1.82) is 0 Å². The lowest BCUT2D eigenvalue weighted by Gasteiger charge is -1.80. The van der Waals surface area contributed by atoms with Gasteiger partial charge in [0.05, 0.1) is 0 Å². The lowest BCUT2D eigenvalue weighted by atomic mass is 13.9. The fourth-order valence-corrected chi connectivity index (χ4v) is 0. The first kappa shape index (κ1) is 6.35. The fraction of sp³-hybridized carbons (Fsp3) is 0. The summed E-state index contributed by atoms with van der Waals surface area (Å²) in [7, 11) is -3.75. The van der Waals surface area contributed by atoms with Gasteiger partial charge >= 0.3 is 10.3 Å². The van der Waals surface area contributed by atoms with E-state index in [-0.39, 0.29) is 0 Å². The predicted octanol–water partition coefficient (Wildman–Crippen LogP) is -0.484. The first-order valence-corrected chi connectivity index (χ1v) is 3.01. The molecule has 0 unspecified atom stereocenters. The zero-order chi connectivity index (χ0) is 5.21. The lowest BCUT2D eigenvalue weighted by Crippen LogP contribution is -2.09. The number of hydrogen-bond donors (Lipinski definition) is 1. The van der Waals surface area contributed by atoms with Crippen LogP contribution in [0, 0.1) is 0 Å². The van der Waals surface area contributed by atoms with Crippen molar-refractivity contribution >= 4 is 26.6 Å². The first-order chi connectivity index (χ1) is 2.56. The van der Waals surface area contributed by atoms with Gasteiger partial charge in [-0.3, -0.25) is 0 Å². The van der Waals surface area contributed by atoms with Crippen molar-refractivity contribution in [3.63, 3.8) is 0 Å². The summed E-state index contributed by atoms with van der Waals surface area (Å²) >= 11 is 2.16. The summed E-state index contributed by atoms with van der Waals surface area (Å²) in [4.78, 5) is 0. The maximum absolute atomic E-state index is 9.51. The molecule has 0 bridgehead atoms. The van der Waals surface area contributed by atoms with Crippen LogP contribution in [-0.4, -0.2) is 8.42 Å². The molecule has 0 fully saturated rings. The van der Waals surface area contributed by atoms with Crippen molar-refractivity contribution < 1.29 is 11.7 Å². The monoisotopic (exact) mass is 175 g/mol. The van der Waals surface area contributed by atoms with Gasteiger partial charge in [0.1, 0.15) is 16.3 Å². The maximum Gasteiger partial charge on any atom is 0.344 e. The highest BCUT2D eigenvalue weighted by Crippen LogP contribution is 1.86. The molecular formula is H2BrNO3S. The topological polar surface area (TPSA) is 69.4 Å². The van der Waals surface area contributed by atoms with E-state index in [0.29, 0.717) is 0 Å². The van der Waals surface area contributed by atoms with Crippen LogP contribution in [0.5, 0.6) is 0 Å². The van der Waals surface area contributed by atoms with Gasteiger partial charge in [-0.15, -0.1) is 0 Å². The Morgan fingerprint density at radius 2 is 1.83 bits per heavy atom. The molecule has 0 aromatic rings. The zero-order valence-corrected chi connectivity index (χ0v) is 4.99. The second-order valence-corrected chi connectivity index (χ2v) is 2.46. The van der Waals surface area contributed by atoms with Crippen molar-refractivity contribution in [3.8, 4) is 0 Å². The number of hydrogen-bond acceptors (Lipinski definition) is 3. The van der Waals surface area contributed by atoms with Crippen LogP contribution in [0.15, 0.2) is 0 Å². The minimum Gasteiger partial charge on any atom is -0.205 e. The van der Waals surface area contributed by atoms with Gasteiger partial charge in [0.15, 0.2) is 0 Å². The van der Waals surface area contributed by atoms with Gasteiger partial charge in [-0.05, 0) is 0 Å². The third-order valence-corrected chi connectivity index (χ3v) is 1.37. The van der Waals surface area contributed by atoms with Crippen molar-refractivity contribution in [1.82, 2.24) is 0 Å². The Labute approximate surface area is 44.0 Å². The number of rotatable bonds is 1. The molecule has 0 saturated heterocycles. The Kier molecular flexibility index (Phi) is 1.98. The third-order valence-electron chi connectivity index (χ3n) is 0.0878. The van der Waals surface area contributed by atoms with Crippen LogP contribution in [0.4, 0.5) is 0 Å². The largest absolute Gasteiger partial charge is 0.344 e. The summed E-state index contributed by atoms with van der Waals surface area (Å²) in [6, 6.07) is 0. The van der Waals surface area contributed by atoms with Gasteiger partial charge in [0.25, 0.3) is 0 Å². The van der Waals surface area contributed by atoms with E-state index in [1.54, 1.807) is 0 Å². The highest BCUT2D eigenvalue weighted by molar-refractivity contribution is 9.06. The van der Waals surface area contributed by atoms with Gasteiger partial charge in [-0.1, -0.05) is 0 Å². The van der Waals surface area contributed by atoms with Gasteiger partial charge < -0.3 is 0 Å². The van der Waals surface area contributed by atoms with E-state index in [1.807, 2.05) is 0 Å². The molecule has 0 aromatic carbocycles. The first-order valence-electron chi connectivity index (χ1n) is 0.890. The normalized spacial score (nSPS) is 11.7. The molecular weight excluding hydrogens is 174 g/mol. The van der Waals surface area contributed by atoms with E-state index < -0.39 is 10.3 Å². The van der Waals surface area contributed by atoms with Crippen LogP contribution in [-0.2, 0) is 13.6 Å². The SMILES string of the molecule is NS(=O)(=O)OBr. The number of nitrogens with two attached hydrogens (primary N) is 1. The molecule has 0 amide bonds. The van der Waals surface area contributed by atoms with Crippen molar-refractivity contribution in [2.24, 2.45) is 5.14 Å². The zero-order valence-electron chi connectivity index (χ0n) is 2.59. The average molecular weight is 176 g/mol. The quantitative estimate of drug-likeness (QED) is 0.586. The molecule has 4 nitrogen and oxygen atoms in total. The minimum absolute atomic E-state index is 2.16. The maximum atomic E-state index is 9.51. The smallest absolute Gasteiger partial charge is 0.205 e. The Morgan fingerprint density at radius 3 is 1.83 bits per heavy atom. The second-order valence-electron chi connectivity index (χ2n) is 0.556. The Bertz CT molecular complexity index is 113. The van der Waals surface area contributed by atoms with Gasteiger partial charge in [-0.2, -0.15) is 11.7 Å². The van der Waals surface area contributed by atoms with Crippen LogP contribution in [0.2, 0.25) is 0 Å². The predicted molar refractivity (Wildman–Crippen MR) is 23.1 cm³/mol. The summed E-state index contributed by atoms with van der Waals surface area (Å²) < 4.78 is 22.5. The summed E-state index contributed by atoms with van der Waals surface area (Å²) in [5, 5.41) is 4.24. The van der Waals surface area contributed by atoms with E-state index in [2.05, 4.69) is 24.7 Å². The summed E-state index contributed by atoms with van der Waals surface area (Å²) in [5.41, 5.74) is 0. The molecule has 0 rings (SSSR count). The van der Waals surface area contributed by atoms with Crippen LogP contribution in [0.1, 0.15) is 0 Å². The second kappa shape index (κ2) is 1.87. The van der Waals surface area contributed by atoms with E-state index in [0.717, 1.165) is 0 Å². The molecule has 0 radical (unpaired) electrons. The van der Waals surface area contributed by atoms with Gasteiger partial charge in [0.2, 0.25) is 0 Å². The fourth-order valence-electron chi connectivity index (χ4n) is 0. The van der Waals surface area contributed by atoms with Crippen LogP contribution >= 0.6 is 16.3 Å². The van der Waals surface area contributed by atoms with E-state index in [1.165, 1.54) is 0 Å². The molecule has 2 N–H and O–H groups in total. The minimum atomic E-state index is -3.75. The van der Waals surface area contributed by atoms with Gasteiger partial charge in [-0.25, -0.2) is 5.14 Å². The van der Waals surface area contributed by atoms with Crippen molar-refractivity contribution in [2.45, 2.75) is 0 Å². The molecule has 0 aliphatic carbocycles. The van der Waals surface area contributed by atoms with Gasteiger partial charge in [0, 0.05) is 0 Å². The summed E-state index contributed by atoms with van der Waals surface area (Å²) in [6.07, 6.45) is 0. The Balaban J connectivity index is 3.85. The lowest BCUT2D eigenvalue weighted by molar-refractivity contribution is 0.529. The molecule has 0 aliphatic heterocycles. The Hall–Kier alpha value is 0.350. The summed E-state index contributed by atoms with van der Waals surface area (Å²) in [5.74, 6) is 0. The molecule has 0 aromatic heterocycles. The highest BCUT2D eigenvalue weighted by Gasteiger charge is 1.93. The van der Waals surface area contributed by atoms with E-state index in [4.69, 9.17) is 0 Å². The molecule has 6 heteroatoms. The van der Waals surface area contributed by atoms with Crippen LogP contribution in [0.3, 0.4) is 0 Å². The van der Waals surface area contributed by atoms with Crippen molar-refractivity contribution in [2.75, 3.05) is 0 Å². The molecule has 6 heavy (non-hydrogen) atoms. The Morgan fingerprint density at radius 1 is 1.67 bits per heavy atom. The highest BCUT2D eigenvalue weighted by atomic mass is 79.9. The van der Waals surface area contributed by atoms with E-state index >= 15 is 0 Å². The third kappa shape index (κ3) is 4.35. The standard InChI is InChI=1S/BrH2NO3S/c1-5-6(2,3)4/h(H2,2,3,4). The molecule has 38 valence electrons. The molecule has 0 aliphatic rings. The summed E-state index contributed by atoms with van der Waals surface area (Å²) in [6.45, 7) is 0. The van der Waals surface area contributed by atoms with Crippen LogP contribution in [0.25, 0.3) is 0 Å². The van der Waals surface area contributed by atoms with E-state index in [9.17, 15) is 8.42 Å². The van der Waals surface area contributed by atoms with Crippen molar-refractivity contribution in [3.05, 3.63) is 0 Å². The molecule has 0 atom stereocenters. The number of halogens is 1. The van der Waals surface area contributed by atoms with Crippen LogP contribution < -0.4 is 5.14 Å². The molecule has 0 heterocycles. The molecule has 0 saturated carbocycles. The molecule has 0 spiro atoms. The average Bonchev–Trinajstić information content (AvgIpc) is 1.35.